The van der Waals surface area contributed by atoms with Crippen molar-refractivity contribution >= 4 is 12.0 Å². The normalized spacial score (nSPS) is 10.7. The molecular weight excluding hydrogens is 363 g/mol. The van der Waals surface area contributed by atoms with Crippen LogP contribution >= 0.6 is 0 Å². The summed E-state index contributed by atoms with van der Waals surface area (Å²) in [5, 5.41) is 6.68. The summed E-state index contributed by atoms with van der Waals surface area (Å²) >= 11 is 0. The van der Waals surface area contributed by atoms with Gasteiger partial charge in [-0.1, -0.05) is 12.1 Å². The maximum absolute atomic E-state index is 12.0. The quantitative estimate of drug-likeness (QED) is 0.680. The van der Waals surface area contributed by atoms with Gasteiger partial charge in [0.05, 0.1) is 11.8 Å². The van der Waals surface area contributed by atoms with Crippen LogP contribution < -0.4 is 10.9 Å². The summed E-state index contributed by atoms with van der Waals surface area (Å²) < 4.78 is 37.6. The molecule has 0 aliphatic rings. The third-order valence-electron chi connectivity index (χ3n) is 3.38. The van der Waals surface area contributed by atoms with Gasteiger partial charge in [-0.2, -0.15) is 18.3 Å². The fraction of sp³-hybridized carbons (Fsp3) is 0.176. The molecule has 1 aromatic carbocycles. The van der Waals surface area contributed by atoms with Crippen molar-refractivity contribution in [2.45, 2.75) is 12.6 Å². The second kappa shape index (κ2) is 8.79. The highest BCUT2D eigenvalue weighted by Gasteiger charge is 2.29. The molecule has 0 atom stereocenters. The number of nitrogens with one attached hydrogen (secondary N) is 2. The highest BCUT2D eigenvalue weighted by molar-refractivity contribution is 5.54. The molecule has 0 unspecified atom stereocenters. The summed E-state index contributed by atoms with van der Waals surface area (Å²) in [6.07, 6.45) is 1.29. The third kappa shape index (κ3) is 5.53. The number of alkyl halides is 3. The van der Waals surface area contributed by atoms with Crippen molar-refractivity contribution in [3.63, 3.8) is 0 Å². The highest BCUT2D eigenvalue weighted by Crippen LogP contribution is 2.28. The van der Waals surface area contributed by atoms with Crippen molar-refractivity contribution in [3.8, 4) is 5.95 Å². The van der Waals surface area contributed by atoms with Crippen LogP contribution in [-0.4, -0.2) is 33.1 Å². The summed E-state index contributed by atoms with van der Waals surface area (Å²) in [5.41, 5.74) is 0.110. The number of hydrogen-bond donors (Lipinski definition) is 2. The number of aromatic nitrogens is 4. The number of hydrogen-bond acceptors (Lipinski definition) is 5. The van der Waals surface area contributed by atoms with Crippen molar-refractivity contribution in [1.82, 2.24) is 19.7 Å². The molecule has 0 fully saturated rings. The third-order valence-corrected chi connectivity index (χ3v) is 3.38. The smallest absolute Gasteiger partial charge is 0.382 e. The zero-order valence-electron chi connectivity index (χ0n) is 14.2. The molecular formula is C17H16F3N5O2. The van der Waals surface area contributed by atoms with E-state index >= 15 is 0 Å². The number of halogens is 3. The monoisotopic (exact) mass is 379 g/mol. The molecule has 0 spiro atoms. The van der Waals surface area contributed by atoms with Gasteiger partial charge in [-0.3, -0.25) is 9.78 Å². The van der Waals surface area contributed by atoms with Crippen LogP contribution in [0.25, 0.3) is 5.95 Å². The number of carbonyl (C=O) groups excluding carboxylic acids is 1. The van der Waals surface area contributed by atoms with Crippen molar-refractivity contribution < 1.29 is 18.0 Å². The molecule has 2 N–H and O–H groups in total. The summed E-state index contributed by atoms with van der Waals surface area (Å²) in [7, 11) is 1.67. The van der Waals surface area contributed by atoms with Crippen LogP contribution in [0.3, 0.4) is 0 Å². The molecule has 0 saturated heterocycles. The Bertz CT molecular complexity index is 919. The number of rotatable bonds is 4. The second-order valence-electron chi connectivity index (χ2n) is 5.22. The van der Waals surface area contributed by atoms with Gasteiger partial charge in [0.1, 0.15) is 12.0 Å². The van der Waals surface area contributed by atoms with E-state index in [0.717, 1.165) is 12.1 Å². The Kier molecular flexibility index (Phi) is 6.47. The standard InChI is InChI=1S/C9H7F3O.C8H9N5O/c10-9(11,12)8-3-1-7(2-4-8)5-6-13;1-9-6-5-10-8(12-7(6)14)13-4-2-3-11-13/h1-4,6H,5H2;2-5,9H,1H3,(H,10,12,14). The molecule has 7 nitrogen and oxygen atoms in total. The van der Waals surface area contributed by atoms with Gasteiger partial charge < -0.3 is 10.1 Å². The van der Waals surface area contributed by atoms with Crippen LogP contribution in [0.1, 0.15) is 11.1 Å². The predicted octanol–water partition coefficient (Wildman–Crippen LogP) is 2.44. The number of anilines is 1. The first-order valence-corrected chi connectivity index (χ1v) is 7.72. The van der Waals surface area contributed by atoms with E-state index in [0.29, 0.717) is 23.5 Å². The molecule has 0 aliphatic carbocycles. The Balaban J connectivity index is 0.000000194. The first-order valence-electron chi connectivity index (χ1n) is 7.72. The lowest BCUT2D eigenvalue weighted by molar-refractivity contribution is -0.137. The van der Waals surface area contributed by atoms with Gasteiger partial charge in [0.2, 0.25) is 5.95 Å². The van der Waals surface area contributed by atoms with Crippen molar-refractivity contribution in [2.24, 2.45) is 0 Å². The van der Waals surface area contributed by atoms with Crippen LogP contribution in [0.5, 0.6) is 0 Å². The van der Waals surface area contributed by atoms with Crippen LogP contribution in [0.15, 0.2) is 53.7 Å². The summed E-state index contributed by atoms with van der Waals surface area (Å²) in [5.74, 6) is 0.402. The molecule has 2 aromatic heterocycles. The second-order valence-corrected chi connectivity index (χ2v) is 5.22. The fourth-order valence-corrected chi connectivity index (χ4v) is 2.00. The Hall–Kier alpha value is -3.43. The average Bonchev–Trinajstić information content (AvgIpc) is 3.17. The van der Waals surface area contributed by atoms with E-state index in [4.69, 9.17) is 0 Å². The maximum atomic E-state index is 12.0. The minimum absolute atomic E-state index is 0.151. The topological polar surface area (TPSA) is 92.7 Å². The molecule has 0 radical (unpaired) electrons. The van der Waals surface area contributed by atoms with E-state index in [9.17, 15) is 22.8 Å². The Morgan fingerprint density at radius 1 is 1.26 bits per heavy atom. The SMILES string of the molecule is CNc1cnc(-n2cccn2)[nH]c1=O.O=CCc1ccc(C(F)(F)F)cc1. The predicted molar refractivity (Wildman–Crippen MR) is 92.7 cm³/mol. The van der Waals surface area contributed by atoms with Gasteiger partial charge in [-0.15, -0.1) is 0 Å². The summed E-state index contributed by atoms with van der Waals surface area (Å²) in [4.78, 5) is 28.0. The first kappa shape index (κ1) is 19.9. The van der Waals surface area contributed by atoms with E-state index in [2.05, 4.69) is 20.4 Å². The molecule has 0 amide bonds. The van der Waals surface area contributed by atoms with Crippen LogP contribution in [0, 0.1) is 0 Å². The van der Waals surface area contributed by atoms with Gasteiger partial charge >= 0.3 is 6.18 Å². The summed E-state index contributed by atoms with van der Waals surface area (Å²) in [6.45, 7) is 0. The Morgan fingerprint density at radius 2 is 1.96 bits per heavy atom. The number of aromatic amines is 1. The Labute approximate surface area is 151 Å². The minimum atomic E-state index is -4.31. The van der Waals surface area contributed by atoms with Crippen LogP contribution in [0.2, 0.25) is 0 Å². The summed E-state index contributed by atoms with van der Waals surface area (Å²) in [6, 6.07) is 6.30. The van der Waals surface area contributed by atoms with Crippen molar-refractivity contribution in [2.75, 3.05) is 12.4 Å². The van der Waals surface area contributed by atoms with Gasteiger partial charge in [0.25, 0.3) is 5.56 Å². The molecule has 3 aromatic rings. The number of aldehydes is 1. The minimum Gasteiger partial charge on any atom is -0.382 e. The molecule has 2 heterocycles. The van der Waals surface area contributed by atoms with E-state index in [1.54, 1.807) is 25.5 Å². The molecule has 0 saturated carbocycles. The van der Waals surface area contributed by atoms with E-state index in [1.807, 2.05) is 0 Å². The zero-order valence-corrected chi connectivity index (χ0v) is 14.2. The molecule has 27 heavy (non-hydrogen) atoms. The van der Waals surface area contributed by atoms with Gasteiger partial charge in [-0.05, 0) is 23.8 Å². The number of H-pyrrole nitrogens is 1. The Morgan fingerprint density at radius 3 is 2.44 bits per heavy atom. The molecule has 0 bridgehead atoms. The fourth-order valence-electron chi connectivity index (χ4n) is 2.00. The van der Waals surface area contributed by atoms with E-state index in [-0.39, 0.29) is 12.0 Å². The lowest BCUT2D eigenvalue weighted by atomic mass is 10.1. The molecule has 0 aliphatic heterocycles. The van der Waals surface area contributed by atoms with Gasteiger partial charge in [0.15, 0.2) is 0 Å². The maximum Gasteiger partial charge on any atom is 0.416 e. The van der Waals surface area contributed by atoms with Crippen molar-refractivity contribution in [1.29, 1.82) is 0 Å². The molecule has 142 valence electrons. The van der Waals surface area contributed by atoms with Crippen molar-refractivity contribution in [3.05, 3.63) is 70.4 Å². The van der Waals surface area contributed by atoms with Crippen LogP contribution in [-0.2, 0) is 17.4 Å². The number of benzene rings is 1. The first-order chi connectivity index (χ1) is 12.8. The van der Waals surface area contributed by atoms with Gasteiger partial charge in [-0.25, -0.2) is 9.67 Å². The zero-order chi connectivity index (χ0) is 19.9. The largest absolute Gasteiger partial charge is 0.416 e. The average molecular weight is 379 g/mol. The highest BCUT2D eigenvalue weighted by atomic mass is 19.4. The number of carbonyl (C=O) groups is 1. The van der Waals surface area contributed by atoms with Crippen LogP contribution in [0.4, 0.5) is 18.9 Å². The molecule has 3 rings (SSSR count). The lowest BCUT2D eigenvalue weighted by Crippen LogP contribution is -2.16. The van der Waals surface area contributed by atoms with E-state index in [1.165, 1.54) is 23.0 Å². The number of nitrogens with zero attached hydrogens (tertiary/aromatic N) is 3. The lowest BCUT2D eigenvalue weighted by Gasteiger charge is -2.05. The molecule has 10 heteroatoms. The van der Waals surface area contributed by atoms with Gasteiger partial charge in [0, 0.05) is 25.9 Å². The van der Waals surface area contributed by atoms with E-state index < -0.39 is 11.7 Å².